The first-order valence-electron chi connectivity index (χ1n) is 4.64. The number of benzene rings is 1. The van der Waals surface area contributed by atoms with Gasteiger partial charge in [-0.2, -0.15) is 0 Å². The monoisotopic (exact) mass is 196 g/mol. The summed E-state index contributed by atoms with van der Waals surface area (Å²) in [5.41, 5.74) is 2.69. The van der Waals surface area contributed by atoms with Crippen molar-refractivity contribution in [1.29, 1.82) is 0 Å². The average Bonchev–Trinajstić information content (AvgIpc) is 2.10. The van der Waals surface area contributed by atoms with E-state index in [0.717, 1.165) is 16.7 Å². The standard InChI is InChI=1S/C12H14F2/c1-3-5-11-9(2)6-4-7-10(11)8-12(13)14/h3-7,12H,8H2,1-2H3/b5-3+. The Labute approximate surface area is 83.3 Å². The number of alkyl halides is 2. The number of aryl methyl sites for hydroxylation is 1. The summed E-state index contributed by atoms with van der Waals surface area (Å²) in [5, 5.41) is 0. The summed E-state index contributed by atoms with van der Waals surface area (Å²) in [6.45, 7) is 3.82. The summed E-state index contributed by atoms with van der Waals surface area (Å²) in [7, 11) is 0. The lowest BCUT2D eigenvalue weighted by Crippen LogP contribution is -2.00. The smallest absolute Gasteiger partial charge is 0.210 e. The quantitative estimate of drug-likeness (QED) is 0.689. The second kappa shape index (κ2) is 4.89. The van der Waals surface area contributed by atoms with Crippen molar-refractivity contribution < 1.29 is 8.78 Å². The third-order valence-electron chi connectivity index (χ3n) is 2.12. The van der Waals surface area contributed by atoms with Gasteiger partial charge in [0.15, 0.2) is 0 Å². The van der Waals surface area contributed by atoms with Gasteiger partial charge in [-0.25, -0.2) is 8.78 Å². The molecule has 0 saturated heterocycles. The van der Waals surface area contributed by atoms with Crippen LogP contribution >= 0.6 is 0 Å². The Morgan fingerprint density at radius 2 is 2.07 bits per heavy atom. The van der Waals surface area contributed by atoms with E-state index in [9.17, 15) is 8.78 Å². The van der Waals surface area contributed by atoms with Gasteiger partial charge in [-0.3, -0.25) is 0 Å². The van der Waals surface area contributed by atoms with Gasteiger partial charge in [0.1, 0.15) is 0 Å². The van der Waals surface area contributed by atoms with E-state index >= 15 is 0 Å². The molecule has 0 bridgehead atoms. The molecule has 1 rings (SSSR count). The lowest BCUT2D eigenvalue weighted by molar-refractivity contribution is 0.149. The molecule has 0 aliphatic carbocycles. The molecule has 0 saturated carbocycles. The average molecular weight is 196 g/mol. The zero-order chi connectivity index (χ0) is 10.6. The summed E-state index contributed by atoms with van der Waals surface area (Å²) < 4.78 is 24.5. The minimum atomic E-state index is -2.28. The highest BCUT2D eigenvalue weighted by Gasteiger charge is 2.08. The summed E-state index contributed by atoms with van der Waals surface area (Å²) >= 11 is 0. The molecule has 1 aromatic rings. The molecule has 0 N–H and O–H groups in total. The maximum Gasteiger partial charge on any atom is 0.242 e. The predicted octanol–water partition coefficient (Wildman–Crippen LogP) is 3.84. The van der Waals surface area contributed by atoms with Crippen LogP contribution in [-0.4, -0.2) is 6.43 Å². The van der Waals surface area contributed by atoms with Crippen LogP contribution in [0.1, 0.15) is 23.6 Å². The van der Waals surface area contributed by atoms with Crippen LogP contribution in [0.2, 0.25) is 0 Å². The molecule has 0 aromatic heterocycles. The lowest BCUT2D eigenvalue weighted by atomic mass is 9.99. The van der Waals surface area contributed by atoms with Gasteiger partial charge in [0.05, 0.1) is 0 Å². The summed E-state index contributed by atoms with van der Waals surface area (Å²) in [5.74, 6) is 0. The van der Waals surface area contributed by atoms with Gasteiger partial charge in [-0.15, -0.1) is 0 Å². The first-order chi connectivity index (χ1) is 6.65. The van der Waals surface area contributed by atoms with E-state index in [1.807, 2.05) is 38.1 Å². The fourth-order valence-corrected chi connectivity index (χ4v) is 1.49. The molecule has 0 unspecified atom stereocenters. The fourth-order valence-electron chi connectivity index (χ4n) is 1.49. The number of halogens is 2. The molecule has 2 heteroatoms. The second-order valence-electron chi connectivity index (χ2n) is 3.24. The zero-order valence-corrected chi connectivity index (χ0v) is 8.43. The Morgan fingerprint density at radius 3 is 2.64 bits per heavy atom. The predicted molar refractivity (Wildman–Crippen MR) is 55.6 cm³/mol. The van der Waals surface area contributed by atoms with E-state index in [0.29, 0.717) is 0 Å². The third-order valence-corrected chi connectivity index (χ3v) is 2.12. The molecule has 0 amide bonds. The SMILES string of the molecule is C/C=C/c1c(C)cccc1CC(F)F. The van der Waals surface area contributed by atoms with Crippen molar-refractivity contribution in [3.63, 3.8) is 0 Å². The van der Waals surface area contributed by atoms with Crippen LogP contribution in [0.15, 0.2) is 24.3 Å². The zero-order valence-electron chi connectivity index (χ0n) is 8.43. The van der Waals surface area contributed by atoms with Gasteiger partial charge in [-0.1, -0.05) is 30.4 Å². The van der Waals surface area contributed by atoms with E-state index in [1.54, 1.807) is 6.07 Å². The fraction of sp³-hybridized carbons (Fsp3) is 0.333. The van der Waals surface area contributed by atoms with Gasteiger partial charge >= 0.3 is 0 Å². The summed E-state index contributed by atoms with van der Waals surface area (Å²) in [6.07, 6.45) is 1.31. The van der Waals surface area contributed by atoms with Gasteiger partial charge in [0.25, 0.3) is 0 Å². The van der Waals surface area contributed by atoms with Crippen LogP contribution in [-0.2, 0) is 6.42 Å². The van der Waals surface area contributed by atoms with Gasteiger partial charge in [-0.05, 0) is 30.5 Å². The Bertz CT molecular complexity index is 327. The number of rotatable bonds is 3. The second-order valence-corrected chi connectivity index (χ2v) is 3.24. The lowest BCUT2D eigenvalue weighted by Gasteiger charge is -2.08. The number of hydrogen-bond donors (Lipinski definition) is 0. The normalized spacial score (nSPS) is 11.5. The van der Waals surface area contributed by atoms with Crippen LogP contribution in [0.5, 0.6) is 0 Å². The Hall–Kier alpha value is -1.18. The first kappa shape index (κ1) is 10.9. The minimum Gasteiger partial charge on any atom is -0.210 e. The van der Waals surface area contributed by atoms with E-state index < -0.39 is 6.43 Å². The molecular weight excluding hydrogens is 182 g/mol. The Morgan fingerprint density at radius 1 is 1.36 bits per heavy atom. The molecular formula is C12H14F2. The highest BCUT2D eigenvalue weighted by Crippen LogP contribution is 2.18. The highest BCUT2D eigenvalue weighted by molar-refractivity contribution is 5.57. The van der Waals surface area contributed by atoms with Crippen molar-refractivity contribution in [2.24, 2.45) is 0 Å². The molecule has 1 aromatic carbocycles. The Balaban J connectivity index is 3.07. The van der Waals surface area contributed by atoms with Crippen molar-refractivity contribution in [2.75, 3.05) is 0 Å². The van der Waals surface area contributed by atoms with Crippen molar-refractivity contribution in [3.05, 3.63) is 41.0 Å². The van der Waals surface area contributed by atoms with Gasteiger partial charge < -0.3 is 0 Å². The molecule has 0 heterocycles. The van der Waals surface area contributed by atoms with Gasteiger partial charge in [0.2, 0.25) is 6.43 Å². The van der Waals surface area contributed by atoms with Crippen molar-refractivity contribution in [3.8, 4) is 0 Å². The molecule has 0 radical (unpaired) electrons. The molecule has 0 aliphatic heterocycles. The topological polar surface area (TPSA) is 0 Å². The molecule has 76 valence electrons. The molecule has 0 fully saturated rings. The van der Waals surface area contributed by atoms with Crippen LogP contribution < -0.4 is 0 Å². The maximum absolute atomic E-state index is 12.2. The highest BCUT2D eigenvalue weighted by atomic mass is 19.3. The van der Waals surface area contributed by atoms with Gasteiger partial charge in [0, 0.05) is 6.42 Å². The molecule has 0 aliphatic rings. The maximum atomic E-state index is 12.2. The van der Waals surface area contributed by atoms with E-state index in [-0.39, 0.29) is 6.42 Å². The first-order valence-corrected chi connectivity index (χ1v) is 4.64. The van der Waals surface area contributed by atoms with Crippen LogP contribution in [0.3, 0.4) is 0 Å². The molecule has 14 heavy (non-hydrogen) atoms. The minimum absolute atomic E-state index is 0.165. The van der Waals surface area contributed by atoms with Crippen LogP contribution in [0, 0.1) is 6.92 Å². The van der Waals surface area contributed by atoms with E-state index in [4.69, 9.17) is 0 Å². The van der Waals surface area contributed by atoms with E-state index in [1.165, 1.54) is 0 Å². The van der Waals surface area contributed by atoms with Crippen LogP contribution in [0.4, 0.5) is 8.78 Å². The summed E-state index contributed by atoms with van der Waals surface area (Å²) in [6, 6.07) is 5.51. The van der Waals surface area contributed by atoms with E-state index in [2.05, 4.69) is 0 Å². The number of hydrogen-bond acceptors (Lipinski definition) is 0. The molecule has 0 spiro atoms. The number of allylic oxidation sites excluding steroid dienone is 1. The van der Waals surface area contributed by atoms with Crippen LogP contribution in [0.25, 0.3) is 6.08 Å². The molecule has 0 nitrogen and oxygen atoms in total. The van der Waals surface area contributed by atoms with Crippen molar-refractivity contribution in [1.82, 2.24) is 0 Å². The largest absolute Gasteiger partial charge is 0.242 e. The molecule has 0 atom stereocenters. The summed E-state index contributed by atoms with van der Waals surface area (Å²) in [4.78, 5) is 0. The van der Waals surface area contributed by atoms with Crippen molar-refractivity contribution in [2.45, 2.75) is 26.7 Å². The Kier molecular flexibility index (Phi) is 3.81. The van der Waals surface area contributed by atoms with Crippen molar-refractivity contribution >= 4 is 6.08 Å². The third kappa shape index (κ3) is 2.66.